The van der Waals surface area contributed by atoms with Crippen LogP contribution in [0.1, 0.15) is 34.6 Å². The molecular weight excluding hydrogens is 348 g/mol. The van der Waals surface area contributed by atoms with Crippen LogP contribution < -0.4 is 4.90 Å². The molecule has 2 aromatic heterocycles. The molecule has 3 heterocycles. The molecule has 9 heteroatoms. The van der Waals surface area contributed by atoms with Gasteiger partial charge in [-0.25, -0.2) is 9.78 Å². The molecule has 3 rings (SSSR count). The fourth-order valence-corrected chi connectivity index (χ4v) is 3.13. The molecule has 0 fully saturated rings. The van der Waals surface area contributed by atoms with E-state index in [2.05, 4.69) is 10.1 Å². The number of carboxylic acid groups (broad SMARTS) is 2. The minimum Gasteiger partial charge on any atom is -0.481 e. The Bertz CT molecular complexity index is 820. The summed E-state index contributed by atoms with van der Waals surface area (Å²) in [5.74, 6) is -1.38. The lowest BCUT2D eigenvalue weighted by atomic mass is 10.2. The quantitative estimate of drug-likeness (QED) is 0.835. The zero-order valence-electron chi connectivity index (χ0n) is 13.4. The average molecular weight is 365 g/mol. The van der Waals surface area contributed by atoms with Gasteiger partial charge in [0.15, 0.2) is 0 Å². The van der Waals surface area contributed by atoms with Crippen molar-refractivity contribution in [2.45, 2.75) is 32.4 Å². The van der Waals surface area contributed by atoms with Crippen LogP contribution in [0.2, 0.25) is 5.02 Å². The summed E-state index contributed by atoms with van der Waals surface area (Å²) < 4.78 is 1.89. The standard InChI is InChI=1S/C16H17ClN4O4/c17-13-6-10(16(24)25)8-18-15(13)20-4-1-5-21-12(9-20)7-11(19-21)2-3-14(22)23/h6-8H,1-5,9H2,(H,22,23)(H,24,25). The summed E-state index contributed by atoms with van der Waals surface area (Å²) in [5, 5.41) is 22.6. The molecule has 1 aliphatic rings. The van der Waals surface area contributed by atoms with Crippen molar-refractivity contribution in [3.05, 3.63) is 40.3 Å². The summed E-state index contributed by atoms with van der Waals surface area (Å²) in [6.07, 6.45) is 2.56. The molecule has 1 aliphatic heterocycles. The maximum Gasteiger partial charge on any atom is 0.337 e. The second-order valence-electron chi connectivity index (χ2n) is 5.85. The number of hydrogen-bond donors (Lipinski definition) is 2. The van der Waals surface area contributed by atoms with Gasteiger partial charge < -0.3 is 15.1 Å². The highest BCUT2D eigenvalue weighted by Crippen LogP contribution is 2.27. The minimum absolute atomic E-state index is 0.0458. The highest BCUT2D eigenvalue weighted by atomic mass is 35.5. The van der Waals surface area contributed by atoms with E-state index in [0.717, 1.165) is 24.4 Å². The van der Waals surface area contributed by atoms with Crippen LogP contribution in [0.3, 0.4) is 0 Å². The summed E-state index contributed by atoms with van der Waals surface area (Å²) in [5.41, 5.74) is 1.75. The van der Waals surface area contributed by atoms with Gasteiger partial charge in [-0.1, -0.05) is 11.6 Å². The summed E-state index contributed by atoms with van der Waals surface area (Å²) in [6, 6.07) is 3.30. The lowest BCUT2D eigenvalue weighted by molar-refractivity contribution is -0.136. The Morgan fingerprint density at radius 2 is 2.04 bits per heavy atom. The SMILES string of the molecule is O=C(O)CCc1cc2n(n1)CCCN(c1ncc(C(=O)O)cc1Cl)C2. The van der Waals surface area contributed by atoms with Gasteiger partial charge in [-0.05, 0) is 18.6 Å². The highest BCUT2D eigenvalue weighted by molar-refractivity contribution is 6.33. The number of aliphatic carboxylic acids is 1. The molecule has 0 spiro atoms. The van der Waals surface area contributed by atoms with Gasteiger partial charge in [0.25, 0.3) is 0 Å². The van der Waals surface area contributed by atoms with E-state index in [1.54, 1.807) is 0 Å². The number of hydrogen-bond acceptors (Lipinski definition) is 5. The molecule has 0 bridgehead atoms. The molecule has 0 amide bonds. The second-order valence-corrected chi connectivity index (χ2v) is 6.26. The Balaban J connectivity index is 1.81. The fourth-order valence-electron chi connectivity index (χ4n) is 2.84. The van der Waals surface area contributed by atoms with Crippen LogP contribution >= 0.6 is 11.6 Å². The molecule has 0 radical (unpaired) electrons. The topological polar surface area (TPSA) is 109 Å². The van der Waals surface area contributed by atoms with Crippen molar-refractivity contribution in [3.8, 4) is 0 Å². The molecule has 25 heavy (non-hydrogen) atoms. The Morgan fingerprint density at radius 3 is 2.72 bits per heavy atom. The fraction of sp³-hybridized carbons (Fsp3) is 0.375. The van der Waals surface area contributed by atoms with Crippen molar-refractivity contribution in [2.24, 2.45) is 0 Å². The number of aryl methyl sites for hydroxylation is 2. The molecule has 0 saturated heterocycles. The van der Waals surface area contributed by atoms with Gasteiger partial charge in [-0.2, -0.15) is 5.10 Å². The molecular formula is C16H17ClN4O4. The van der Waals surface area contributed by atoms with Gasteiger partial charge in [0, 0.05) is 25.7 Å². The first-order valence-electron chi connectivity index (χ1n) is 7.85. The van der Waals surface area contributed by atoms with Gasteiger partial charge in [-0.3, -0.25) is 9.48 Å². The Labute approximate surface area is 148 Å². The number of aromatic nitrogens is 3. The van der Waals surface area contributed by atoms with Crippen molar-refractivity contribution in [2.75, 3.05) is 11.4 Å². The van der Waals surface area contributed by atoms with Crippen molar-refractivity contribution in [3.63, 3.8) is 0 Å². The van der Waals surface area contributed by atoms with Crippen LogP contribution in [-0.2, 0) is 24.3 Å². The van der Waals surface area contributed by atoms with Crippen LogP contribution in [0.15, 0.2) is 18.3 Å². The van der Waals surface area contributed by atoms with E-state index in [0.29, 0.717) is 30.4 Å². The first kappa shape index (κ1) is 17.2. The Morgan fingerprint density at radius 1 is 1.24 bits per heavy atom. The first-order valence-corrected chi connectivity index (χ1v) is 8.23. The number of carbonyl (C=O) groups is 2. The molecule has 132 valence electrons. The summed E-state index contributed by atoms with van der Waals surface area (Å²) in [6.45, 7) is 1.97. The van der Waals surface area contributed by atoms with E-state index in [-0.39, 0.29) is 12.0 Å². The van der Waals surface area contributed by atoms with Gasteiger partial charge in [-0.15, -0.1) is 0 Å². The van der Waals surface area contributed by atoms with E-state index >= 15 is 0 Å². The van der Waals surface area contributed by atoms with Crippen LogP contribution in [0.5, 0.6) is 0 Å². The lowest BCUT2D eigenvalue weighted by Gasteiger charge is -2.22. The molecule has 2 aromatic rings. The van der Waals surface area contributed by atoms with Gasteiger partial charge in [0.2, 0.25) is 0 Å². The Hall–Kier alpha value is -2.61. The van der Waals surface area contributed by atoms with Gasteiger partial charge in [0.05, 0.1) is 34.9 Å². The summed E-state index contributed by atoms with van der Waals surface area (Å²) >= 11 is 6.22. The van der Waals surface area contributed by atoms with E-state index in [1.807, 2.05) is 15.6 Å². The monoisotopic (exact) mass is 364 g/mol. The maximum absolute atomic E-state index is 11.0. The minimum atomic E-state index is -1.07. The van der Waals surface area contributed by atoms with Crippen LogP contribution in [0, 0.1) is 0 Å². The highest BCUT2D eigenvalue weighted by Gasteiger charge is 2.20. The lowest BCUT2D eigenvalue weighted by Crippen LogP contribution is -2.24. The van der Waals surface area contributed by atoms with E-state index < -0.39 is 11.9 Å². The first-order chi connectivity index (χ1) is 11.9. The number of carboxylic acids is 2. The Kier molecular flexibility index (Phi) is 4.89. The van der Waals surface area contributed by atoms with E-state index in [1.165, 1.54) is 12.3 Å². The van der Waals surface area contributed by atoms with Crippen LogP contribution in [0.25, 0.3) is 0 Å². The maximum atomic E-state index is 11.0. The van der Waals surface area contributed by atoms with E-state index in [9.17, 15) is 9.59 Å². The van der Waals surface area contributed by atoms with Crippen molar-refractivity contribution >= 4 is 29.4 Å². The van der Waals surface area contributed by atoms with E-state index in [4.69, 9.17) is 21.8 Å². The third-order valence-electron chi connectivity index (χ3n) is 4.03. The van der Waals surface area contributed by atoms with Crippen LogP contribution in [-0.4, -0.2) is 43.5 Å². The number of halogens is 1. The number of nitrogens with zero attached hydrogens (tertiary/aromatic N) is 4. The van der Waals surface area contributed by atoms with Crippen molar-refractivity contribution < 1.29 is 19.8 Å². The third kappa shape index (κ3) is 3.90. The van der Waals surface area contributed by atoms with Crippen molar-refractivity contribution in [1.82, 2.24) is 14.8 Å². The largest absolute Gasteiger partial charge is 0.481 e. The molecule has 0 unspecified atom stereocenters. The molecule has 2 N–H and O–H groups in total. The number of aromatic carboxylic acids is 1. The van der Waals surface area contributed by atoms with Crippen LogP contribution in [0.4, 0.5) is 5.82 Å². The van der Waals surface area contributed by atoms with Gasteiger partial charge >= 0.3 is 11.9 Å². The van der Waals surface area contributed by atoms with Crippen molar-refractivity contribution in [1.29, 1.82) is 0 Å². The number of pyridine rings is 1. The number of rotatable bonds is 5. The zero-order valence-corrected chi connectivity index (χ0v) is 14.1. The normalized spacial score (nSPS) is 14.0. The summed E-state index contributed by atoms with van der Waals surface area (Å²) in [4.78, 5) is 27.9. The summed E-state index contributed by atoms with van der Waals surface area (Å²) in [7, 11) is 0. The zero-order chi connectivity index (χ0) is 18.0. The van der Waals surface area contributed by atoms with Gasteiger partial charge in [0.1, 0.15) is 5.82 Å². The number of fused-ring (bicyclic) bond motifs is 1. The smallest absolute Gasteiger partial charge is 0.337 e. The molecule has 0 aromatic carbocycles. The number of anilines is 1. The molecule has 0 atom stereocenters. The molecule has 0 saturated carbocycles. The molecule has 0 aliphatic carbocycles. The second kappa shape index (κ2) is 7.10. The predicted molar refractivity (Wildman–Crippen MR) is 90.1 cm³/mol. The predicted octanol–water partition coefficient (Wildman–Crippen LogP) is 2.06. The average Bonchev–Trinajstić information content (AvgIpc) is 2.83. The molecule has 8 nitrogen and oxygen atoms in total. The third-order valence-corrected chi connectivity index (χ3v) is 4.31.